The van der Waals surface area contributed by atoms with Crippen LogP contribution in [0.4, 0.5) is 0 Å². The lowest BCUT2D eigenvalue weighted by atomic mass is 9.84. The van der Waals surface area contributed by atoms with Gasteiger partial charge < -0.3 is 10.4 Å². The first-order valence-electron chi connectivity index (χ1n) is 7.70. The van der Waals surface area contributed by atoms with Gasteiger partial charge in [0, 0.05) is 0 Å². The van der Waals surface area contributed by atoms with Gasteiger partial charge in [0.2, 0.25) is 5.91 Å². The molecule has 1 aromatic rings. The molecule has 1 amide bonds. The molecule has 22 heavy (non-hydrogen) atoms. The first kappa shape index (κ1) is 18.0. The number of carbonyl (C=O) groups is 2. The highest BCUT2D eigenvalue weighted by Gasteiger charge is 2.29. The molecular weight excluding hydrogens is 278 g/mol. The molecule has 4 heteroatoms. The number of carbonyl (C=O) groups excluding carboxylic acids is 1. The number of aliphatic carboxylic acids is 1. The van der Waals surface area contributed by atoms with Crippen LogP contribution in [0.15, 0.2) is 43.0 Å². The zero-order chi connectivity index (χ0) is 16.5. The van der Waals surface area contributed by atoms with Crippen LogP contribution < -0.4 is 5.32 Å². The van der Waals surface area contributed by atoms with Gasteiger partial charge in [-0.2, -0.15) is 0 Å². The lowest BCUT2D eigenvalue weighted by molar-refractivity contribution is -0.142. The van der Waals surface area contributed by atoms with E-state index in [0.29, 0.717) is 12.8 Å². The number of benzene rings is 1. The summed E-state index contributed by atoms with van der Waals surface area (Å²) < 4.78 is 0. The Kier molecular flexibility index (Phi) is 7.37. The van der Waals surface area contributed by atoms with Crippen LogP contribution in [-0.2, 0) is 9.59 Å². The van der Waals surface area contributed by atoms with Crippen LogP contribution in [-0.4, -0.2) is 23.0 Å². The predicted octanol–water partition coefficient (Wildman–Crippen LogP) is 3.35. The van der Waals surface area contributed by atoms with E-state index >= 15 is 0 Å². The highest BCUT2D eigenvalue weighted by atomic mass is 16.4. The Morgan fingerprint density at radius 1 is 1.32 bits per heavy atom. The van der Waals surface area contributed by atoms with Gasteiger partial charge in [0.1, 0.15) is 6.04 Å². The van der Waals surface area contributed by atoms with Crippen molar-refractivity contribution in [2.24, 2.45) is 5.92 Å². The quantitative estimate of drug-likeness (QED) is 0.687. The molecule has 0 saturated heterocycles. The van der Waals surface area contributed by atoms with Crippen LogP contribution in [0.1, 0.15) is 44.6 Å². The molecule has 4 nitrogen and oxygen atoms in total. The maximum atomic E-state index is 12.6. The summed E-state index contributed by atoms with van der Waals surface area (Å²) in [5.74, 6) is -1.43. The topological polar surface area (TPSA) is 66.4 Å². The molecule has 0 aliphatic carbocycles. The van der Waals surface area contributed by atoms with Gasteiger partial charge in [-0.3, -0.25) is 4.79 Å². The standard InChI is InChI=1S/C18H25NO3/c1-4-6-12-15(18(21)22)19-17(20)16(13(3)5-2)14-10-8-7-9-11-14/h4,7-11,13,15-16H,1,5-6,12H2,2-3H3,(H,19,20)(H,21,22). The number of allylic oxidation sites excluding steroid dienone is 1. The monoisotopic (exact) mass is 303 g/mol. The van der Waals surface area contributed by atoms with E-state index in [4.69, 9.17) is 0 Å². The summed E-state index contributed by atoms with van der Waals surface area (Å²) in [6.45, 7) is 7.63. The Morgan fingerprint density at radius 2 is 1.95 bits per heavy atom. The third-order valence-electron chi connectivity index (χ3n) is 3.93. The van der Waals surface area contributed by atoms with Crippen molar-refractivity contribution < 1.29 is 14.7 Å². The molecule has 1 rings (SSSR count). The summed E-state index contributed by atoms with van der Waals surface area (Å²) in [7, 11) is 0. The zero-order valence-corrected chi connectivity index (χ0v) is 13.3. The van der Waals surface area contributed by atoms with Crippen molar-refractivity contribution >= 4 is 11.9 Å². The minimum Gasteiger partial charge on any atom is -0.480 e. The number of rotatable bonds is 9. The Bertz CT molecular complexity index is 498. The normalized spacial score (nSPS) is 14.6. The summed E-state index contributed by atoms with van der Waals surface area (Å²) >= 11 is 0. The third-order valence-corrected chi connectivity index (χ3v) is 3.93. The van der Waals surface area contributed by atoms with Gasteiger partial charge in [0.25, 0.3) is 0 Å². The minimum absolute atomic E-state index is 0.135. The van der Waals surface area contributed by atoms with E-state index in [9.17, 15) is 14.7 Å². The van der Waals surface area contributed by atoms with Gasteiger partial charge in [-0.05, 0) is 24.3 Å². The number of carboxylic acids is 1. The minimum atomic E-state index is -1.01. The van der Waals surface area contributed by atoms with Gasteiger partial charge in [-0.15, -0.1) is 6.58 Å². The van der Waals surface area contributed by atoms with Gasteiger partial charge in [0.05, 0.1) is 5.92 Å². The third kappa shape index (κ3) is 5.02. The smallest absolute Gasteiger partial charge is 0.326 e. The number of amides is 1. The lowest BCUT2D eigenvalue weighted by Gasteiger charge is -2.24. The Morgan fingerprint density at radius 3 is 2.45 bits per heavy atom. The maximum absolute atomic E-state index is 12.6. The molecule has 0 aromatic heterocycles. The van der Waals surface area contributed by atoms with Crippen molar-refractivity contribution in [3.05, 3.63) is 48.6 Å². The molecule has 0 radical (unpaired) electrons. The first-order valence-corrected chi connectivity index (χ1v) is 7.70. The summed E-state index contributed by atoms with van der Waals surface area (Å²) in [5.41, 5.74) is 0.919. The predicted molar refractivity (Wildman–Crippen MR) is 87.6 cm³/mol. The van der Waals surface area contributed by atoms with Crippen molar-refractivity contribution in [1.29, 1.82) is 0 Å². The number of carboxylic acid groups (broad SMARTS) is 1. The van der Waals surface area contributed by atoms with Crippen LogP contribution in [0.25, 0.3) is 0 Å². The molecule has 3 unspecified atom stereocenters. The highest BCUT2D eigenvalue weighted by molar-refractivity contribution is 5.88. The fraction of sp³-hybridized carbons (Fsp3) is 0.444. The molecule has 0 aliphatic rings. The first-order chi connectivity index (χ1) is 10.5. The van der Waals surface area contributed by atoms with E-state index < -0.39 is 12.0 Å². The second kappa shape index (κ2) is 9.03. The lowest BCUT2D eigenvalue weighted by Crippen LogP contribution is -2.44. The fourth-order valence-corrected chi connectivity index (χ4v) is 2.44. The van der Waals surface area contributed by atoms with Gasteiger partial charge in [-0.25, -0.2) is 4.79 Å². The summed E-state index contributed by atoms with van der Waals surface area (Å²) in [5, 5.41) is 11.9. The van der Waals surface area contributed by atoms with Crippen LogP contribution in [0.3, 0.4) is 0 Å². The number of nitrogens with one attached hydrogen (secondary N) is 1. The molecule has 0 heterocycles. The van der Waals surface area contributed by atoms with Crippen LogP contribution in [0.2, 0.25) is 0 Å². The largest absolute Gasteiger partial charge is 0.480 e. The van der Waals surface area contributed by atoms with E-state index in [1.807, 2.05) is 44.2 Å². The Hall–Kier alpha value is -2.10. The van der Waals surface area contributed by atoms with Crippen molar-refractivity contribution in [2.45, 2.75) is 45.1 Å². The van der Waals surface area contributed by atoms with Crippen LogP contribution >= 0.6 is 0 Å². The second-order valence-corrected chi connectivity index (χ2v) is 5.54. The van der Waals surface area contributed by atoms with E-state index in [1.165, 1.54) is 0 Å². The average molecular weight is 303 g/mol. The fourth-order valence-electron chi connectivity index (χ4n) is 2.44. The second-order valence-electron chi connectivity index (χ2n) is 5.54. The zero-order valence-electron chi connectivity index (χ0n) is 13.3. The van der Waals surface area contributed by atoms with Crippen molar-refractivity contribution in [3.8, 4) is 0 Å². The SMILES string of the molecule is C=CCCC(NC(=O)C(c1ccccc1)C(C)CC)C(=O)O. The van der Waals surface area contributed by atoms with Gasteiger partial charge in [-0.1, -0.05) is 56.7 Å². The summed E-state index contributed by atoms with van der Waals surface area (Å²) in [4.78, 5) is 23.9. The van der Waals surface area contributed by atoms with Crippen molar-refractivity contribution in [3.63, 3.8) is 0 Å². The highest BCUT2D eigenvalue weighted by Crippen LogP contribution is 2.27. The van der Waals surface area contributed by atoms with Gasteiger partial charge >= 0.3 is 5.97 Å². The Labute approximate surface area is 132 Å². The molecular formula is C18H25NO3. The van der Waals surface area contributed by atoms with Crippen molar-refractivity contribution in [1.82, 2.24) is 5.32 Å². The maximum Gasteiger partial charge on any atom is 0.326 e. The summed E-state index contributed by atoms with van der Waals surface area (Å²) in [6, 6.07) is 8.64. The molecule has 0 saturated carbocycles. The Balaban J connectivity index is 2.92. The molecule has 0 spiro atoms. The van der Waals surface area contributed by atoms with E-state index in [1.54, 1.807) is 6.08 Å². The molecule has 2 N–H and O–H groups in total. The average Bonchev–Trinajstić information content (AvgIpc) is 2.52. The van der Waals surface area contributed by atoms with E-state index in [2.05, 4.69) is 11.9 Å². The van der Waals surface area contributed by atoms with E-state index in [-0.39, 0.29) is 17.7 Å². The van der Waals surface area contributed by atoms with Crippen molar-refractivity contribution in [2.75, 3.05) is 0 Å². The number of hydrogen-bond donors (Lipinski definition) is 2. The molecule has 0 fully saturated rings. The number of hydrogen-bond acceptors (Lipinski definition) is 2. The van der Waals surface area contributed by atoms with Crippen LogP contribution in [0, 0.1) is 5.92 Å². The molecule has 120 valence electrons. The molecule has 0 bridgehead atoms. The molecule has 1 aromatic carbocycles. The molecule has 0 aliphatic heterocycles. The van der Waals surface area contributed by atoms with Crippen LogP contribution in [0.5, 0.6) is 0 Å². The molecule has 3 atom stereocenters. The summed E-state index contributed by atoms with van der Waals surface area (Å²) in [6.07, 6.45) is 3.41. The van der Waals surface area contributed by atoms with E-state index in [0.717, 1.165) is 12.0 Å². The van der Waals surface area contributed by atoms with Gasteiger partial charge in [0.15, 0.2) is 0 Å².